The Bertz CT molecular complexity index is 2160. The normalized spacial score (nSPS) is 17.3. The van der Waals surface area contributed by atoms with Gasteiger partial charge in [0, 0.05) is 44.1 Å². The van der Waals surface area contributed by atoms with Crippen LogP contribution in [0.2, 0.25) is 0 Å². The standard InChI is InChI=1S/C52H77FN6O12S.ClH/c1-35-46(72-34-57-35)39-12-13-40(31-56-48(62)43-30-41(60)32-59(43)49(63)47(51(3,4)5)58-50(64)52(53)16-17-52)44(29-39)70-28-27-69-26-25-68-24-23-67-22-21-66-20-19-65-18-6-7-37-8-10-38(11-9-37)33-71-36(2)42(54)14-15-45(55)61;/h8-13,29,34,36,41-43,47,60H,6-7,14-28,30-33,54H2,1-5H3,(H2,55,61)(H,56,62)(H,58,64);1H/t36-,41-,42+,43+,47-;/m1./s1. The Kier molecular flexibility index (Phi) is 25.9. The smallest absolute Gasteiger partial charge is 0.258 e. The highest BCUT2D eigenvalue weighted by atomic mass is 35.5. The maximum absolute atomic E-state index is 14.6. The van der Waals surface area contributed by atoms with Crippen molar-refractivity contribution in [3.63, 3.8) is 0 Å². The number of carbonyl (C=O) groups excluding carboxylic acids is 4. The van der Waals surface area contributed by atoms with E-state index >= 15 is 0 Å². The molecule has 0 bridgehead atoms. The predicted octanol–water partition coefficient (Wildman–Crippen LogP) is 4.74. The van der Waals surface area contributed by atoms with Gasteiger partial charge in [0.05, 0.1) is 94.4 Å². The molecular weight excluding hydrogens is 987 g/mol. The summed E-state index contributed by atoms with van der Waals surface area (Å²) < 4.78 is 55.0. The number of nitrogens with one attached hydrogen (secondary N) is 2. The number of aryl methyl sites for hydroxylation is 2. The Balaban J connectivity index is 0.0000116. The van der Waals surface area contributed by atoms with Gasteiger partial charge in [0.1, 0.15) is 24.4 Å². The number of halogens is 2. The topological polar surface area (TPSA) is 245 Å². The van der Waals surface area contributed by atoms with E-state index in [-0.39, 0.29) is 82.4 Å². The molecular formula is C52H78ClFN6O12S. The number of likely N-dealkylation sites (tertiary alicyclic amines) is 1. The number of nitrogens with zero attached hydrogens (tertiary/aromatic N) is 2. The molecule has 0 radical (unpaired) electrons. The second kappa shape index (κ2) is 30.9. The van der Waals surface area contributed by atoms with Gasteiger partial charge in [-0.1, -0.05) is 57.2 Å². The van der Waals surface area contributed by atoms with Gasteiger partial charge in [0.2, 0.25) is 17.7 Å². The second-order valence-corrected chi connectivity index (χ2v) is 20.3. The molecule has 3 aromatic rings. The predicted molar refractivity (Wildman–Crippen MR) is 277 cm³/mol. The number of rotatable bonds is 34. The summed E-state index contributed by atoms with van der Waals surface area (Å²) in [6.07, 6.45) is 1.65. The Morgan fingerprint density at radius 1 is 0.904 bits per heavy atom. The van der Waals surface area contributed by atoms with Crippen LogP contribution in [0.3, 0.4) is 0 Å². The fourth-order valence-electron chi connectivity index (χ4n) is 7.84. The average molecular weight is 1070 g/mol. The van der Waals surface area contributed by atoms with Gasteiger partial charge in [0.25, 0.3) is 5.91 Å². The number of amides is 4. The third-order valence-corrected chi connectivity index (χ3v) is 13.4. The minimum atomic E-state index is -1.97. The zero-order valence-electron chi connectivity index (χ0n) is 43.0. The van der Waals surface area contributed by atoms with Crippen molar-refractivity contribution in [3.8, 4) is 16.2 Å². The maximum Gasteiger partial charge on any atom is 0.258 e. The van der Waals surface area contributed by atoms with E-state index in [1.165, 1.54) is 21.8 Å². The summed E-state index contributed by atoms with van der Waals surface area (Å²) in [5, 5.41) is 16.1. The molecule has 7 N–H and O–H groups in total. The third kappa shape index (κ3) is 20.7. The number of ether oxygens (including phenoxy) is 7. The van der Waals surface area contributed by atoms with Gasteiger partial charge in [-0.15, -0.1) is 23.7 Å². The lowest BCUT2D eigenvalue weighted by Gasteiger charge is -2.35. The lowest BCUT2D eigenvalue weighted by Crippen LogP contribution is -2.59. The Morgan fingerprint density at radius 3 is 2.05 bits per heavy atom. The monoisotopic (exact) mass is 1060 g/mol. The quantitative estimate of drug-likeness (QED) is 0.0508. The molecule has 2 aromatic carbocycles. The first kappa shape index (κ1) is 61.2. The molecule has 1 saturated heterocycles. The van der Waals surface area contributed by atoms with Crippen molar-refractivity contribution in [2.45, 2.75) is 129 Å². The van der Waals surface area contributed by atoms with Crippen LogP contribution in [0.5, 0.6) is 5.75 Å². The molecule has 5 rings (SSSR count). The summed E-state index contributed by atoms with van der Waals surface area (Å²) in [5.74, 6) is -1.68. The molecule has 5 atom stereocenters. The molecule has 1 aliphatic carbocycles. The summed E-state index contributed by atoms with van der Waals surface area (Å²) in [6, 6.07) is 11.6. The molecule has 0 spiro atoms. The minimum absolute atomic E-state index is 0. The first-order chi connectivity index (χ1) is 34.4. The number of aliphatic hydroxyl groups is 1. The maximum atomic E-state index is 14.6. The van der Waals surface area contributed by atoms with Gasteiger partial charge in [0.15, 0.2) is 5.67 Å². The van der Waals surface area contributed by atoms with Crippen LogP contribution in [0.15, 0.2) is 48.0 Å². The van der Waals surface area contributed by atoms with E-state index in [1.807, 2.05) is 32.0 Å². The van der Waals surface area contributed by atoms with Crippen LogP contribution in [0.25, 0.3) is 10.4 Å². The summed E-state index contributed by atoms with van der Waals surface area (Å²) in [5.41, 5.74) is 15.1. The summed E-state index contributed by atoms with van der Waals surface area (Å²) in [4.78, 5) is 57.9. The van der Waals surface area contributed by atoms with Gasteiger partial charge in [-0.25, -0.2) is 9.37 Å². The van der Waals surface area contributed by atoms with Crippen LogP contribution >= 0.6 is 23.7 Å². The number of β-amino-alcohol motifs (C(OH)–C–C–N with tert-alkyl or cyclic N) is 1. The highest BCUT2D eigenvalue weighted by molar-refractivity contribution is 7.13. The Hall–Kier alpha value is -4.35. The molecule has 408 valence electrons. The molecule has 73 heavy (non-hydrogen) atoms. The molecule has 2 heterocycles. The first-order valence-electron chi connectivity index (χ1n) is 25.0. The van der Waals surface area contributed by atoms with Gasteiger partial charge in [-0.3, -0.25) is 19.2 Å². The third-order valence-electron chi connectivity index (χ3n) is 12.5. The molecule has 1 aliphatic heterocycles. The zero-order chi connectivity index (χ0) is 52.1. The number of hydrogen-bond donors (Lipinski definition) is 5. The fraction of sp³-hybridized carbons (Fsp3) is 0.635. The van der Waals surface area contributed by atoms with E-state index in [9.17, 15) is 28.7 Å². The van der Waals surface area contributed by atoms with Crippen molar-refractivity contribution in [1.29, 1.82) is 0 Å². The number of hydrogen-bond acceptors (Lipinski definition) is 15. The van der Waals surface area contributed by atoms with Crippen molar-refractivity contribution in [2.24, 2.45) is 16.9 Å². The average Bonchev–Trinajstić information content (AvgIpc) is 3.76. The lowest BCUT2D eigenvalue weighted by molar-refractivity contribution is -0.145. The SMILES string of the molecule is Cc1ncsc1-c1ccc(CNC(=O)[C@@H]2C[C@@H](O)CN2C(=O)[C@@H](NC(=O)C2(F)CC2)C(C)(C)C)c(OCCOCCOCCOCCOCCOCCCc2ccc(CO[C@H](C)[C@@H](N)CCC(N)=O)cc2)c1.Cl. The molecule has 1 saturated carbocycles. The summed E-state index contributed by atoms with van der Waals surface area (Å²) in [7, 11) is 0. The van der Waals surface area contributed by atoms with E-state index in [1.54, 1.807) is 26.3 Å². The van der Waals surface area contributed by atoms with E-state index in [0.717, 1.165) is 34.5 Å². The number of thiazole rings is 1. The molecule has 2 aliphatic rings. The number of benzene rings is 2. The zero-order valence-corrected chi connectivity index (χ0v) is 44.7. The number of nitrogens with two attached hydrogens (primary N) is 2. The molecule has 4 amide bonds. The Morgan fingerprint density at radius 2 is 1.49 bits per heavy atom. The van der Waals surface area contributed by atoms with Crippen LogP contribution < -0.4 is 26.8 Å². The van der Waals surface area contributed by atoms with E-state index in [2.05, 4.69) is 39.9 Å². The van der Waals surface area contributed by atoms with Crippen LogP contribution in [-0.2, 0) is 67.2 Å². The van der Waals surface area contributed by atoms with Crippen molar-refractivity contribution in [3.05, 3.63) is 70.4 Å². The number of aliphatic hydroxyl groups excluding tert-OH is 1. The fourth-order valence-corrected chi connectivity index (χ4v) is 8.64. The van der Waals surface area contributed by atoms with Crippen LogP contribution in [-0.4, -0.2) is 154 Å². The van der Waals surface area contributed by atoms with Crippen LogP contribution in [0.1, 0.15) is 88.6 Å². The first-order valence-corrected chi connectivity index (χ1v) is 25.9. The van der Waals surface area contributed by atoms with Gasteiger partial charge in [-0.2, -0.15) is 0 Å². The number of carbonyl (C=O) groups is 4. The molecule has 2 fully saturated rings. The second-order valence-electron chi connectivity index (χ2n) is 19.5. The molecule has 21 heteroatoms. The van der Waals surface area contributed by atoms with Crippen molar-refractivity contribution in [1.82, 2.24) is 20.5 Å². The van der Waals surface area contributed by atoms with E-state index in [4.69, 9.17) is 44.6 Å². The Labute approximate surface area is 439 Å². The van der Waals surface area contributed by atoms with Gasteiger partial charge >= 0.3 is 0 Å². The van der Waals surface area contributed by atoms with E-state index in [0.29, 0.717) is 83.8 Å². The highest BCUT2D eigenvalue weighted by Crippen LogP contribution is 2.40. The van der Waals surface area contributed by atoms with Crippen LogP contribution in [0.4, 0.5) is 4.39 Å². The number of primary amides is 1. The van der Waals surface area contributed by atoms with Crippen LogP contribution in [0, 0.1) is 12.3 Å². The van der Waals surface area contributed by atoms with E-state index < -0.39 is 47.0 Å². The molecule has 18 nitrogen and oxygen atoms in total. The lowest BCUT2D eigenvalue weighted by atomic mass is 9.85. The largest absolute Gasteiger partial charge is 0.491 e. The minimum Gasteiger partial charge on any atom is -0.491 e. The van der Waals surface area contributed by atoms with Crippen molar-refractivity contribution >= 4 is 47.4 Å². The molecule has 0 unspecified atom stereocenters. The number of aromatic nitrogens is 1. The number of alkyl halides is 1. The van der Waals surface area contributed by atoms with Crippen molar-refractivity contribution < 1.29 is 61.8 Å². The summed E-state index contributed by atoms with van der Waals surface area (Å²) in [6.45, 7) is 14.1. The van der Waals surface area contributed by atoms with Crippen molar-refractivity contribution in [2.75, 3.05) is 79.2 Å². The van der Waals surface area contributed by atoms with Gasteiger partial charge < -0.3 is 65.3 Å². The van der Waals surface area contributed by atoms with Gasteiger partial charge in [-0.05, 0) is 74.1 Å². The summed E-state index contributed by atoms with van der Waals surface area (Å²) >= 11 is 1.51. The highest BCUT2D eigenvalue weighted by Gasteiger charge is 2.53. The molecule has 1 aromatic heterocycles.